The largest absolute Gasteiger partial charge is 0.508 e. The Morgan fingerprint density at radius 1 is 1.19 bits per heavy atom. The van der Waals surface area contributed by atoms with Gasteiger partial charge in [-0.2, -0.15) is 5.26 Å². The lowest BCUT2D eigenvalue weighted by Gasteiger charge is -2.28. The molecule has 1 saturated heterocycles. The van der Waals surface area contributed by atoms with Crippen molar-refractivity contribution in [3.05, 3.63) is 59.1 Å². The molecule has 1 heterocycles. The van der Waals surface area contributed by atoms with E-state index in [0.29, 0.717) is 24.5 Å². The summed E-state index contributed by atoms with van der Waals surface area (Å²) in [5, 5.41) is 25.4. The van der Waals surface area contributed by atoms with Crippen molar-refractivity contribution in [1.29, 1.82) is 5.26 Å². The van der Waals surface area contributed by atoms with E-state index in [1.54, 1.807) is 36.4 Å². The van der Waals surface area contributed by atoms with Gasteiger partial charge in [-0.1, -0.05) is 23.7 Å². The third kappa shape index (κ3) is 4.19. The molecule has 1 aliphatic heterocycles. The van der Waals surface area contributed by atoms with Gasteiger partial charge in [-0.15, -0.1) is 0 Å². The molecule has 6 nitrogen and oxygen atoms in total. The molecule has 1 aliphatic rings. The topological polar surface area (TPSA) is 79.6 Å². The summed E-state index contributed by atoms with van der Waals surface area (Å²) in [6, 6.07) is 13.3. The first-order valence-corrected chi connectivity index (χ1v) is 8.73. The summed E-state index contributed by atoms with van der Waals surface area (Å²) >= 11 is 5.93. The number of benzene rings is 2. The number of nitrogens with one attached hydrogen (secondary N) is 1. The monoisotopic (exact) mass is 370 g/mol. The third-order valence-electron chi connectivity index (χ3n) is 4.26. The van der Waals surface area contributed by atoms with Gasteiger partial charge in [0.25, 0.3) is 5.91 Å². The summed E-state index contributed by atoms with van der Waals surface area (Å²) in [5.74, 6) is 0.0181. The minimum Gasteiger partial charge on any atom is -0.508 e. The number of rotatable bonds is 5. The first-order valence-electron chi connectivity index (χ1n) is 8.35. The van der Waals surface area contributed by atoms with E-state index in [-0.39, 0.29) is 11.7 Å². The maximum absolute atomic E-state index is 13.1. The summed E-state index contributed by atoms with van der Waals surface area (Å²) in [6.45, 7) is 1.08. The van der Waals surface area contributed by atoms with Crippen LogP contribution in [0.3, 0.4) is 0 Å². The number of nitrogens with zero attached hydrogens (tertiary/aromatic N) is 3. The summed E-state index contributed by atoms with van der Waals surface area (Å²) in [5.41, 5.74) is 1.68. The molecule has 1 amide bonds. The Bertz CT molecular complexity index is 754. The van der Waals surface area contributed by atoms with Gasteiger partial charge >= 0.3 is 0 Å². The van der Waals surface area contributed by atoms with Crippen LogP contribution in [0.1, 0.15) is 12.0 Å². The fourth-order valence-electron chi connectivity index (χ4n) is 2.94. The summed E-state index contributed by atoms with van der Waals surface area (Å²) < 4.78 is 0. The maximum atomic E-state index is 13.1. The molecule has 0 saturated carbocycles. The normalized spacial score (nSPS) is 14.8. The van der Waals surface area contributed by atoms with Gasteiger partial charge < -0.3 is 10.4 Å². The van der Waals surface area contributed by atoms with Crippen LogP contribution in [0.5, 0.6) is 5.75 Å². The number of halogens is 1. The molecule has 7 heteroatoms. The minimum absolute atomic E-state index is 0.160. The molecule has 134 valence electrons. The molecule has 3 rings (SSSR count). The highest BCUT2D eigenvalue weighted by Gasteiger charge is 2.31. The smallest absolute Gasteiger partial charge is 0.264 e. The summed E-state index contributed by atoms with van der Waals surface area (Å²) in [4.78, 5) is 13.1. The van der Waals surface area contributed by atoms with E-state index < -0.39 is 6.04 Å². The number of hydrogen-bond acceptors (Lipinski definition) is 5. The number of nitriles is 1. The van der Waals surface area contributed by atoms with Gasteiger partial charge in [-0.05, 0) is 48.4 Å². The zero-order chi connectivity index (χ0) is 18.5. The molecular formula is C19H19ClN4O2. The predicted molar refractivity (Wildman–Crippen MR) is 99.3 cm³/mol. The highest BCUT2D eigenvalue weighted by molar-refractivity contribution is 6.30. The molecule has 0 spiro atoms. The Kier molecular flexibility index (Phi) is 5.49. The van der Waals surface area contributed by atoms with Crippen molar-refractivity contribution in [2.45, 2.75) is 18.9 Å². The second-order valence-electron chi connectivity index (χ2n) is 6.11. The molecular weight excluding hydrogens is 352 g/mol. The Morgan fingerprint density at radius 3 is 2.54 bits per heavy atom. The van der Waals surface area contributed by atoms with Crippen LogP contribution < -0.4 is 5.32 Å². The third-order valence-corrected chi connectivity index (χ3v) is 4.51. The van der Waals surface area contributed by atoms with Gasteiger partial charge in [-0.3, -0.25) is 4.79 Å². The van der Waals surface area contributed by atoms with Crippen molar-refractivity contribution < 1.29 is 9.90 Å². The molecule has 1 unspecified atom stereocenters. The average molecular weight is 371 g/mol. The Morgan fingerprint density at radius 2 is 1.88 bits per heavy atom. The van der Waals surface area contributed by atoms with Gasteiger partial charge in [0.1, 0.15) is 11.8 Å². The van der Waals surface area contributed by atoms with Crippen molar-refractivity contribution in [2.24, 2.45) is 0 Å². The maximum Gasteiger partial charge on any atom is 0.264 e. The fraction of sp³-hybridized carbons (Fsp3) is 0.263. The number of phenolic OH excluding ortho intramolecular Hbond substituents is 1. The number of amides is 1. The van der Waals surface area contributed by atoms with Gasteiger partial charge in [0, 0.05) is 23.7 Å². The molecule has 0 aromatic heterocycles. The Hall–Kier alpha value is -2.91. The minimum atomic E-state index is -0.547. The quantitative estimate of drug-likeness (QED) is 0.791. The van der Waals surface area contributed by atoms with Crippen molar-refractivity contribution in [3.63, 3.8) is 0 Å². The molecule has 26 heavy (non-hydrogen) atoms. The van der Waals surface area contributed by atoms with E-state index in [4.69, 9.17) is 11.6 Å². The summed E-state index contributed by atoms with van der Waals surface area (Å²) in [6.07, 6.45) is 3.25. The number of hydrogen-bond donors (Lipinski definition) is 2. The molecule has 2 N–H and O–H groups in total. The van der Waals surface area contributed by atoms with Crippen LogP contribution in [0.15, 0.2) is 48.5 Å². The van der Waals surface area contributed by atoms with Crippen LogP contribution in [0.2, 0.25) is 5.02 Å². The SMILES string of the molecule is N#CN1CCCN1C(=O)C(Cc1ccc(O)cc1)Nc1ccc(Cl)cc1. The number of carbonyl (C=O) groups is 1. The van der Waals surface area contributed by atoms with Gasteiger partial charge in [0.15, 0.2) is 6.19 Å². The van der Waals surface area contributed by atoms with Gasteiger partial charge in [0.05, 0.1) is 6.54 Å². The lowest BCUT2D eigenvalue weighted by atomic mass is 10.0. The van der Waals surface area contributed by atoms with Crippen LogP contribution >= 0.6 is 11.6 Å². The van der Waals surface area contributed by atoms with Crippen LogP contribution in [0.25, 0.3) is 0 Å². The van der Waals surface area contributed by atoms with E-state index in [9.17, 15) is 15.2 Å². The lowest BCUT2D eigenvalue weighted by molar-refractivity contribution is -0.140. The fourth-order valence-corrected chi connectivity index (χ4v) is 3.07. The van der Waals surface area contributed by atoms with E-state index >= 15 is 0 Å². The number of hydrazine groups is 1. The number of anilines is 1. The Labute approximate surface area is 157 Å². The second-order valence-corrected chi connectivity index (χ2v) is 6.55. The van der Waals surface area contributed by atoms with Crippen LogP contribution in [0, 0.1) is 11.5 Å². The number of aromatic hydroxyl groups is 1. The standard InChI is InChI=1S/C19H19ClN4O2/c20-15-4-6-16(7-5-15)22-18(12-14-2-8-17(25)9-3-14)19(26)24-11-1-10-23(24)13-21/h2-9,18,22,25H,1,10-12H2. The lowest BCUT2D eigenvalue weighted by Crippen LogP contribution is -2.47. The van der Waals surface area contributed by atoms with E-state index in [1.165, 1.54) is 10.0 Å². The Balaban J connectivity index is 1.82. The first-order chi connectivity index (χ1) is 12.6. The summed E-state index contributed by atoms with van der Waals surface area (Å²) in [7, 11) is 0. The number of phenols is 1. The van der Waals surface area contributed by atoms with E-state index in [2.05, 4.69) is 11.5 Å². The highest BCUT2D eigenvalue weighted by Crippen LogP contribution is 2.20. The zero-order valence-electron chi connectivity index (χ0n) is 14.1. The van der Waals surface area contributed by atoms with Crippen LogP contribution in [0.4, 0.5) is 5.69 Å². The average Bonchev–Trinajstić information content (AvgIpc) is 3.13. The second kappa shape index (κ2) is 7.98. The highest BCUT2D eigenvalue weighted by atomic mass is 35.5. The van der Waals surface area contributed by atoms with E-state index in [1.807, 2.05) is 12.1 Å². The van der Waals surface area contributed by atoms with Crippen molar-refractivity contribution in [3.8, 4) is 11.9 Å². The molecule has 2 aromatic rings. The van der Waals surface area contributed by atoms with Crippen molar-refractivity contribution >= 4 is 23.2 Å². The molecule has 0 bridgehead atoms. The van der Waals surface area contributed by atoms with Crippen molar-refractivity contribution in [1.82, 2.24) is 10.0 Å². The molecule has 0 aliphatic carbocycles. The number of carbonyl (C=O) groups excluding carboxylic acids is 1. The van der Waals surface area contributed by atoms with Crippen LogP contribution in [-0.4, -0.2) is 40.2 Å². The van der Waals surface area contributed by atoms with Crippen LogP contribution in [-0.2, 0) is 11.2 Å². The molecule has 2 aromatic carbocycles. The van der Waals surface area contributed by atoms with Gasteiger partial charge in [-0.25, -0.2) is 10.0 Å². The van der Waals surface area contributed by atoms with Crippen molar-refractivity contribution in [2.75, 3.05) is 18.4 Å². The first kappa shape index (κ1) is 17.9. The zero-order valence-corrected chi connectivity index (χ0v) is 14.9. The molecule has 1 atom stereocenters. The molecule has 1 fully saturated rings. The molecule has 0 radical (unpaired) electrons. The van der Waals surface area contributed by atoms with E-state index in [0.717, 1.165) is 17.7 Å². The predicted octanol–water partition coefficient (Wildman–Crippen LogP) is 3.00. The van der Waals surface area contributed by atoms with Gasteiger partial charge in [0.2, 0.25) is 0 Å².